The van der Waals surface area contributed by atoms with Crippen LogP contribution >= 0.6 is 0 Å². The molecule has 1 aromatic rings. The van der Waals surface area contributed by atoms with Gasteiger partial charge in [0.15, 0.2) is 18.1 Å². The maximum atomic E-state index is 11.6. The third-order valence-electron chi connectivity index (χ3n) is 2.69. The van der Waals surface area contributed by atoms with Gasteiger partial charge in [0, 0.05) is 6.54 Å². The number of nitrogens with one attached hydrogen (secondary N) is 2. The Kier molecular flexibility index (Phi) is 7.53. The van der Waals surface area contributed by atoms with Crippen molar-refractivity contribution in [3.05, 3.63) is 29.8 Å². The molecule has 0 spiro atoms. The lowest BCUT2D eigenvalue weighted by Crippen LogP contribution is -2.41. The van der Waals surface area contributed by atoms with E-state index < -0.39 is 11.9 Å². The van der Waals surface area contributed by atoms with Crippen LogP contribution in [-0.2, 0) is 4.79 Å². The third kappa shape index (κ3) is 5.87. The smallest absolute Gasteiger partial charge is 0.321 e. The van der Waals surface area contributed by atoms with Crippen LogP contribution in [0.15, 0.2) is 24.3 Å². The second kappa shape index (κ2) is 9.44. The van der Waals surface area contributed by atoms with Crippen LogP contribution in [0, 0.1) is 0 Å². The van der Waals surface area contributed by atoms with E-state index in [1.165, 1.54) is 7.11 Å². The number of hydrogen-bond acceptors (Lipinski definition) is 4. The van der Waals surface area contributed by atoms with Crippen molar-refractivity contribution in [2.45, 2.75) is 20.3 Å². The largest absolute Gasteiger partial charge is 0.493 e. The predicted octanol–water partition coefficient (Wildman–Crippen LogP) is 2.34. The molecular formula is C16H22N2O4. The van der Waals surface area contributed by atoms with Crippen LogP contribution in [-0.4, -0.2) is 32.2 Å². The number of benzene rings is 1. The van der Waals surface area contributed by atoms with Crippen molar-refractivity contribution in [1.29, 1.82) is 0 Å². The van der Waals surface area contributed by atoms with Crippen LogP contribution in [0.3, 0.4) is 0 Å². The second-order valence-electron chi connectivity index (χ2n) is 4.50. The zero-order valence-electron chi connectivity index (χ0n) is 13.1. The molecule has 0 aliphatic rings. The Labute approximate surface area is 130 Å². The molecule has 0 radical (unpaired) electrons. The Morgan fingerprint density at radius 3 is 2.68 bits per heavy atom. The summed E-state index contributed by atoms with van der Waals surface area (Å²) in [7, 11) is 1.53. The third-order valence-corrected chi connectivity index (χ3v) is 2.69. The SMILES string of the molecule is C/C=C/c1ccc(OCC(=O)NC(=O)NCCC)c(OC)c1. The van der Waals surface area contributed by atoms with Crippen molar-refractivity contribution in [2.24, 2.45) is 0 Å². The fourth-order valence-corrected chi connectivity index (χ4v) is 1.69. The molecule has 6 heteroatoms. The van der Waals surface area contributed by atoms with Crippen LogP contribution < -0.4 is 20.1 Å². The van der Waals surface area contributed by atoms with Crippen molar-refractivity contribution in [3.8, 4) is 11.5 Å². The summed E-state index contributed by atoms with van der Waals surface area (Å²) >= 11 is 0. The monoisotopic (exact) mass is 306 g/mol. The number of hydrogen-bond donors (Lipinski definition) is 2. The lowest BCUT2D eigenvalue weighted by atomic mass is 10.2. The summed E-state index contributed by atoms with van der Waals surface area (Å²) in [6, 6.07) is 4.86. The number of ether oxygens (including phenoxy) is 2. The molecule has 0 aliphatic carbocycles. The van der Waals surface area contributed by atoms with Crippen molar-refractivity contribution in [3.63, 3.8) is 0 Å². The zero-order chi connectivity index (χ0) is 16.4. The standard InChI is InChI=1S/C16H22N2O4/c1-4-6-12-7-8-13(14(10-12)21-3)22-11-15(19)18-16(20)17-9-5-2/h4,6-8,10H,5,9,11H2,1-3H3,(H2,17,18,19,20)/b6-4+. The molecule has 22 heavy (non-hydrogen) atoms. The van der Waals surface area contributed by atoms with E-state index in [1.807, 2.05) is 32.1 Å². The maximum absolute atomic E-state index is 11.6. The topological polar surface area (TPSA) is 76.7 Å². The minimum Gasteiger partial charge on any atom is -0.493 e. The van der Waals surface area contributed by atoms with Gasteiger partial charge in [-0.2, -0.15) is 0 Å². The first-order valence-electron chi connectivity index (χ1n) is 7.12. The van der Waals surface area contributed by atoms with Gasteiger partial charge in [-0.3, -0.25) is 10.1 Å². The van der Waals surface area contributed by atoms with Gasteiger partial charge in [-0.05, 0) is 31.0 Å². The predicted molar refractivity (Wildman–Crippen MR) is 85.0 cm³/mol. The summed E-state index contributed by atoms with van der Waals surface area (Å²) in [6.45, 7) is 4.10. The highest BCUT2D eigenvalue weighted by Gasteiger charge is 2.10. The van der Waals surface area contributed by atoms with E-state index in [-0.39, 0.29) is 6.61 Å². The van der Waals surface area contributed by atoms with E-state index in [1.54, 1.807) is 12.1 Å². The second-order valence-corrected chi connectivity index (χ2v) is 4.50. The van der Waals surface area contributed by atoms with Crippen molar-refractivity contribution < 1.29 is 19.1 Å². The van der Waals surface area contributed by atoms with Gasteiger partial charge in [0.05, 0.1) is 7.11 Å². The summed E-state index contributed by atoms with van der Waals surface area (Å²) in [6.07, 6.45) is 4.64. The molecule has 1 aromatic carbocycles. The summed E-state index contributed by atoms with van der Waals surface area (Å²) in [4.78, 5) is 22.9. The quantitative estimate of drug-likeness (QED) is 0.810. The van der Waals surface area contributed by atoms with E-state index in [0.29, 0.717) is 18.0 Å². The Bertz CT molecular complexity index is 541. The molecular weight excluding hydrogens is 284 g/mol. The summed E-state index contributed by atoms with van der Waals surface area (Å²) in [5.41, 5.74) is 0.968. The van der Waals surface area contributed by atoms with Crippen molar-refractivity contribution >= 4 is 18.0 Å². The van der Waals surface area contributed by atoms with E-state index >= 15 is 0 Å². The van der Waals surface area contributed by atoms with Gasteiger partial charge in [0.25, 0.3) is 5.91 Å². The molecule has 2 N–H and O–H groups in total. The molecule has 0 saturated carbocycles. The number of carbonyl (C=O) groups excluding carboxylic acids is 2. The average molecular weight is 306 g/mol. The van der Waals surface area contributed by atoms with Crippen LogP contribution in [0.2, 0.25) is 0 Å². The molecule has 0 saturated heterocycles. The number of rotatable bonds is 7. The van der Waals surface area contributed by atoms with Gasteiger partial charge in [-0.25, -0.2) is 4.79 Å². The number of urea groups is 1. The number of carbonyl (C=O) groups is 2. The molecule has 1 rings (SSSR count). The van der Waals surface area contributed by atoms with Gasteiger partial charge in [-0.1, -0.05) is 25.1 Å². The number of amides is 3. The highest BCUT2D eigenvalue weighted by molar-refractivity contribution is 5.95. The lowest BCUT2D eigenvalue weighted by Gasteiger charge is -2.11. The maximum Gasteiger partial charge on any atom is 0.321 e. The van der Waals surface area contributed by atoms with Crippen LogP contribution in [0.25, 0.3) is 6.08 Å². The summed E-state index contributed by atoms with van der Waals surface area (Å²) < 4.78 is 10.6. The summed E-state index contributed by atoms with van der Waals surface area (Å²) in [5, 5.41) is 4.73. The first-order chi connectivity index (χ1) is 10.6. The number of imide groups is 1. The number of methoxy groups -OCH3 is 1. The fourth-order valence-electron chi connectivity index (χ4n) is 1.69. The Morgan fingerprint density at radius 2 is 2.05 bits per heavy atom. The van der Waals surface area contributed by atoms with Gasteiger partial charge < -0.3 is 14.8 Å². The highest BCUT2D eigenvalue weighted by atomic mass is 16.5. The van der Waals surface area contributed by atoms with Gasteiger partial charge >= 0.3 is 6.03 Å². The molecule has 0 aromatic heterocycles. The summed E-state index contributed by atoms with van der Waals surface area (Å²) in [5.74, 6) is 0.451. The fraction of sp³-hybridized carbons (Fsp3) is 0.375. The molecule has 0 heterocycles. The highest BCUT2D eigenvalue weighted by Crippen LogP contribution is 2.28. The van der Waals surface area contributed by atoms with E-state index in [2.05, 4.69) is 10.6 Å². The van der Waals surface area contributed by atoms with Crippen LogP contribution in [0.4, 0.5) is 4.79 Å². The minimum absolute atomic E-state index is 0.265. The lowest BCUT2D eigenvalue weighted by molar-refractivity contribution is -0.122. The molecule has 0 fully saturated rings. The molecule has 0 aliphatic heterocycles. The van der Waals surface area contributed by atoms with E-state index in [4.69, 9.17) is 9.47 Å². The molecule has 0 atom stereocenters. The molecule has 6 nitrogen and oxygen atoms in total. The van der Waals surface area contributed by atoms with Crippen LogP contribution in [0.5, 0.6) is 11.5 Å². The van der Waals surface area contributed by atoms with E-state index in [0.717, 1.165) is 12.0 Å². The Balaban J connectivity index is 2.56. The van der Waals surface area contributed by atoms with E-state index in [9.17, 15) is 9.59 Å². The molecule has 3 amide bonds. The van der Waals surface area contributed by atoms with Gasteiger partial charge in [0.1, 0.15) is 0 Å². The van der Waals surface area contributed by atoms with Gasteiger partial charge in [0.2, 0.25) is 0 Å². The first-order valence-corrected chi connectivity index (χ1v) is 7.12. The average Bonchev–Trinajstić information content (AvgIpc) is 2.51. The first kappa shape index (κ1) is 17.6. The van der Waals surface area contributed by atoms with Crippen molar-refractivity contribution in [1.82, 2.24) is 10.6 Å². The molecule has 0 unspecified atom stereocenters. The zero-order valence-corrected chi connectivity index (χ0v) is 13.1. The normalized spacial score (nSPS) is 10.3. The number of allylic oxidation sites excluding steroid dienone is 1. The van der Waals surface area contributed by atoms with Gasteiger partial charge in [-0.15, -0.1) is 0 Å². The van der Waals surface area contributed by atoms with Crippen molar-refractivity contribution in [2.75, 3.05) is 20.3 Å². The van der Waals surface area contributed by atoms with Crippen LogP contribution in [0.1, 0.15) is 25.8 Å². The minimum atomic E-state index is -0.522. The Hall–Kier alpha value is -2.50. The Morgan fingerprint density at radius 1 is 1.27 bits per heavy atom. The molecule has 120 valence electrons. The molecule has 0 bridgehead atoms.